The predicted molar refractivity (Wildman–Crippen MR) is 55.6 cm³/mol. The van der Waals surface area contributed by atoms with Gasteiger partial charge in [-0.1, -0.05) is 29.8 Å². The van der Waals surface area contributed by atoms with Gasteiger partial charge in [-0.3, -0.25) is 4.79 Å². The molecule has 1 unspecified atom stereocenters. The topological polar surface area (TPSA) is 63.3 Å². The quantitative estimate of drug-likeness (QED) is 0.805. The SMILES string of the molecule is Cc1cccc(C(CN)C(=O)O)c1Cl. The molecule has 76 valence electrons. The summed E-state index contributed by atoms with van der Waals surface area (Å²) in [5.41, 5.74) is 6.83. The fourth-order valence-electron chi connectivity index (χ4n) is 1.30. The van der Waals surface area contributed by atoms with Gasteiger partial charge in [0.05, 0.1) is 5.92 Å². The maximum atomic E-state index is 10.9. The number of nitrogens with two attached hydrogens (primary N) is 1. The van der Waals surface area contributed by atoms with Crippen LogP contribution in [0.3, 0.4) is 0 Å². The molecule has 0 aliphatic rings. The van der Waals surface area contributed by atoms with E-state index in [1.807, 2.05) is 13.0 Å². The Morgan fingerprint density at radius 2 is 2.29 bits per heavy atom. The van der Waals surface area contributed by atoms with Crippen molar-refractivity contribution >= 4 is 17.6 Å². The molecule has 0 aromatic heterocycles. The van der Waals surface area contributed by atoms with Crippen LogP contribution in [0, 0.1) is 6.92 Å². The van der Waals surface area contributed by atoms with E-state index in [0.29, 0.717) is 10.6 Å². The Bertz CT molecular complexity index is 352. The summed E-state index contributed by atoms with van der Waals surface area (Å²) in [7, 11) is 0. The monoisotopic (exact) mass is 213 g/mol. The highest BCUT2D eigenvalue weighted by Gasteiger charge is 2.20. The van der Waals surface area contributed by atoms with Crippen molar-refractivity contribution in [2.24, 2.45) is 5.73 Å². The molecular formula is C10H12ClNO2. The fourth-order valence-corrected chi connectivity index (χ4v) is 1.56. The van der Waals surface area contributed by atoms with Crippen LogP contribution in [0.4, 0.5) is 0 Å². The molecule has 0 saturated heterocycles. The highest BCUT2D eigenvalue weighted by atomic mass is 35.5. The van der Waals surface area contributed by atoms with Crippen molar-refractivity contribution in [1.82, 2.24) is 0 Å². The van der Waals surface area contributed by atoms with E-state index in [9.17, 15) is 4.79 Å². The second kappa shape index (κ2) is 4.44. The Morgan fingerprint density at radius 1 is 1.64 bits per heavy atom. The molecule has 0 radical (unpaired) electrons. The van der Waals surface area contributed by atoms with E-state index in [1.165, 1.54) is 0 Å². The van der Waals surface area contributed by atoms with Crippen LogP contribution >= 0.6 is 11.6 Å². The molecule has 1 atom stereocenters. The third-order valence-corrected chi connectivity index (χ3v) is 2.65. The van der Waals surface area contributed by atoms with Gasteiger partial charge in [0.1, 0.15) is 0 Å². The lowest BCUT2D eigenvalue weighted by Crippen LogP contribution is -2.21. The molecule has 0 aliphatic carbocycles. The molecule has 0 fully saturated rings. The Labute approximate surface area is 87.5 Å². The first kappa shape index (κ1) is 11.0. The van der Waals surface area contributed by atoms with Gasteiger partial charge in [-0.15, -0.1) is 0 Å². The number of rotatable bonds is 3. The van der Waals surface area contributed by atoms with Gasteiger partial charge >= 0.3 is 5.97 Å². The lowest BCUT2D eigenvalue weighted by atomic mass is 9.98. The van der Waals surface area contributed by atoms with Gasteiger partial charge < -0.3 is 10.8 Å². The second-order valence-corrected chi connectivity index (χ2v) is 3.48. The summed E-state index contributed by atoms with van der Waals surface area (Å²) in [4.78, 5) is 10.9. The molecule has 0 spiro atoms. The molecule has 1 rings (SSSR count). The highest BCUT2D eigenvalue weighted by Crippen LogP contribution is 2.27. The predicted octanol–water partition coefficient (Wildman–Crippen LogP) is 1.78. The van der Waals surface area contributed by atoms with Crippen molar-refractivity contribution in [1.29, 1.82) is 0 Å². The van der Waals surface area contributed by atoms with Crippen molar-refractivity contribution in [3.63, 3.8) is 0 Å². The number of carboxylic acids is 1. The zero-order chi connectivity index (χ0) is 10.7. The lowest BCUT2D eigenvalue weighted by Gasteiger charge is -2.12. The summed E-state index contributed by atoms with van der Waals surface area (Å²) in [6, 6.07) is 5.31. The van der Waals surface area contributed by atoms with E-state index in [0.717, 1.165) is 5.56 Å². The molecule has 0 saturated carbocycles. The van der Waals surface area contributed by atoms with Crippen LogP contribution in [0.25, 0.3) is 0 Å². The minimum Gasteiger partial charge on any atom is -0.481 e. The van der Waals surface area contributed by atoms with Crippen molar-refractivity contribution in [3.8, 4) is 0 Å². The summed E-state index contributed by atoms with van der Waals surface area (Å²) in [6.07, 6.45) is 0. The van der Waals surface area contributed by atoms with Crippen molar-refractivity contribution in [2.75, 3.05) is 6.54 Å². The zero-order valence-corrected chi connectivity index (χ0v) is 8.58. The maximum Gasteiger partial charge on any atom is 0.312 e. The highest BCUT2D eigenvalue weighted by molar-refractivity contribution is 6.32. The van der Waals surface area contributed by atoms with Crippen LogP contribution in [0.15, 0.2) is 18.2 Å². The van der Waals surface area contributed by atoms with Gasteiger partial charge in [0.15, 0.2) is 0 Å². The van der Waals surface area contributed by atoms with E-state index < -0.39 is 11.9 Å². The van der Waals surface area contributed by atoms with Crippen LogP contribution in [0.1, 0.15) is 17.0 Å². The van der Waals surface area contributed by atoms with E-state index in [-0.39, 0.29) is 6.54 Å². The number of benzene rings is 1. The average molecular weight is 214 g/mol. The minimum atomic E-state index is -0.944. The Morgan fingerprint density at radius 3 is 2.79 bits per heavy atom. The second-order valence-electron chi connectivity index (χ2n) is 3.10. The van der Waals surface area contributed by atoms with Gasteiger partial charge in [0.25, 0.3) is 0 Å². The smallest absolute Gasteiger partial charge is 0.312 e. The summed E-state index contributed by atoms with van der Waals surface area (Å²) >= 11 is 5.99. The van der Waals surface area contributed by atoms with Gasteiger partial charge in [0, 0.05) is 11.6 Å². The number of hydrogen-bond acceptors (Lipinski definition) is 2. The lowest BCUT2D eigenvalue weighted by molar-refractivity contribution is -0.138. The van der Waals surface area contributed by atoms with Crippen LogP contribution in [0.2, 0.25) is 5.02 Å². The molecule has 3 N–H and O–H groups in total. The Kier molecular flexibility index (Phi) is 3.49. The first-order valence-electron chi connectivity index (χ1n) is 4.25. The number of halogens is 1. The molecule has 4 heteroatoms. The van der Waals surface area contributed by atoms with Crippen LogP contribution in [-0.2, 0) is 4.79 Å². The molecule has 1 aromatic carbocycles. The summed E-state index contributed by atoms with van der Waals surface area (Å²) in [5, 5.41) is 9.39. The summed E-state index contributed by atoms with van der Waals surface area (Å²) in [5.74, 6) is -1.66. The van der Waals surface area contributed by atoms with Crippen LogP contribution in [-0.4, -0.2) is 17.6 Å². The number of carboxylic acid groups (broad SMARTS) is 1. The van der Waals surface area contributed by atoms with Gasteiger partial charge in [-0.25, -0.2) is 0 Å². The fraction of sp³-hybridized carbons (Fsp3) is 0.300. The first-order chi connectivity index (χ1) is 6.57. The molecule has 14 heavy (non-hydrogen) atoms. The van der Waals surface area contributed by atoms with Gasteiger partial charge in [-0.2, -0.15) is 0 Å². The van der Waals surface area contributed by atoms with Crippen molar-refractivity contribution in [3.05, 3.63) is 34.3 Å². The molecule has 3 nitrogen and oxygen atoms in total. The summed E-state index contributed by atoms with van der Waals surface area (Å²) in [6.45, 7) is 1.89. The number of hydrogen-bond donors (Lipinski definition) is 2. The van der Waals surface area contributed by atoms with Crippen LogP contribution < -0.4 is 5.73 Å². The molecule has 0 bridgehead atoms. The zero-order valence-electron chi connectivity index (χ0n) is 7.83. The first-order valence-corrected chi connectivity index (χ1v) is 4.63. The number of aryl methyl sites for hydroxylation is 1. The van der Waals surface area contributed by atoms with E-state index in [2.05, 4.69) is 0 Å². The van der Waals surface area contributed by atoms with Crippen molar-refractivity contribution < 1.29 is 9.90 Å². The Balaban J connectivity index is 3.16. The largest absolute Gasteiger partial charge is 0.481 e. The standard InChI is InChI=1S/C10H12ClNO2/c1-6-3-2-4-7(9(6)11)8(5-12)10(13)14/h2-4,8H,5,12H2,1H3,(H,13,14). The number of carbonyl (C=O) groups is 1. The maximum absolute atomic E-state index is 10.9. The van der Waals surface area contributed by atoms with Crippen molar-refractivity contribution in [2.45, 2.75) is 12.8 Å². The molecule has 1 aromatic rings. The van der Waals surface area contributed by atoms with E-state index >= 15 is 0 Å². The number of aliphatic carboxylic acids is 1. The summed E-state index contributed by atoms with van der Waals surface area (Å²) < 4.78 is 0. The molecular weight excluding hydrogens is 202 g/mol. The minimum absolute atomic E-state index is 0.0541. The third kappa shape index (κ3) is 2.05. The molecule has 0 amide bonds. The van der Waals surface area contributed by atoms with E-state index in [4.69, 9.17) is 22.4 Å². The van der Waals surface area contributed by atoms with Gasteiger partial charge in [0.2, 0.25) is 0 Å². The third-order valence-electron chi connectivity index (χ3n) is 2.13. The van der Waals surface area contributed by atoms with E-state index in [1.54, 1.807) is 12.1 Å². The average Bonchev–Trinajstić information content (AvgIpc) is 2.13. The van der Waals surface area contributed by atoms with Crippen LogP contribution in [0.5, 0.6) is 0 Å². The Hall–Kier alpha value is -1.06. The molecule has 0 aliphatic heterocycles. The molecule has 0 heterocycles. The normalized spacial score (nSPS) is 12.5. The van der Waals surface area contributed by atoms with Gasteiger partial charge in [-0.05, 0) is 18.1 Å².